The molecule has 1 aliphatic heterocycles. The topological polar surface area (TPSA) is 62.5 Å². The second-order valence-electron chi connectivity index (χ2n) is 4.11. The number of carbonyl (C=O) groups excluding carboxylic acids is 1. The first-order valence-electron chi connectivity index (χ1n) is 5.94. The van der Waals surface area contributed by atoms with E-state index in [2.05, 4.69) is 9.88 Å². The molecule has 0 radical (unpaired) electrons. The summed E-state index contributed by atoms with van der Waals surface area (Å²) in [5, 5.41) is 0. The van der Waals surface area contributed by atoms with Crippen LogP contribution in [0.25, 0.3) is 0 Å². The van der Waals surface area contributed by atoms with Crippen LogP contribution in [0.2, 0.25) is 0 Å². The molecule has 92 valence electrons. The van der Waals surface area contributed by atoms with Crippen molar-refractivity contribution in [3.8, 4) is 0 Å². The Morgan fingerprint density at radius 2 is 1.88 bits per heavy atom. The number of hydrogen-bond donors (Lipinski definition) is 1. The van der Waals surface area contributed by atoms with Crippen LogP contribution in [0.5, 0.6) is 0 Å². The fourth-order valence-electron chi connectivity index (χ4n) is 2.05. The van der Waals surface area contributed by atoms with Crippen molar-refractivity contribution in [2.45, 2.75) is 6.42 Å². The summed E-state index contributed by atoms with van der Waals surface area (Å²) in [5.41, 5.74) is 6.56. The maximum atomic E-state index is 11.7. The number of carbonyl (C=O) groups is 1. The number of pyridine rings is 1. The van der Waals surface area contributed by atoms with Crippen molar-refractivity contribution in [3.63, 3.8) is 0 Å². The first-order chi connectivity index (χ1) is 8.31. The van der Waals surface area contributed by atoms with Gasteiger partial charge in [-0.15, -0.1) is 0 Å². The Labute approximate surface area is 101 Å². The number of nitrogens with zero attached hydrogens (tertiary/aromatic N) is 3. The quantitative estimate of drug-likeness (QED) is 0.804. The van der Waals surface area contributed by atoms with E-state index < -0.39 is 0 Å². The lowest BCUT2D eigenvalue weighted by Crippen LogP contribution is -2.49. The maximum Gasteiger partial charge on any atom is 0.223 e. The van der Waals surface area contributed by atoms with Gasteiger partial charge in [0.15, 0.2) is 0 Å². The molecule has 5 heteroatoms. The highest BCUT2D eigenvalue weighted by Crippen LogP contribution is 2.14. The van der Waals surface area contributed by atoms with Gasteiger partial charge in [0.05, 0.1) is 0 Å². The summed E-state index contributed by atoms with van der Waals surface area (Å²) >= 11 is 0. The Kier molecular flexibility index (Phi) is 3.93. The van der Waals surface area contributed by atoms with Crippen molar-refractivity contribution in [2.24, 2.45) is 5.73 Å². The first-order valence-corrected chi connectivity index (χ1v) is 5.94. The molecule has 17 heavy (non-hydrogen) atoms. The third-order valence-corrected chi connectivity index (χ3v) is 3.02. The van der Waals surface area contributed by atoms with Gasteiger partial charge in [-0.05, 0) is 12.1 Å². The molecule has 0 unspecified atom stereocenters. The molecule has 0 aliphatic carbocycles. The number of rotatable bonds is 3. The van der Waals surface area contributed by atoms with Crippen LogP contribution >= 0.6 is 0 Å². The van der Waals surface area contributed by atoms with Gasteiger partial charge >= 0.3 is 0 Å². The highest BCUT2D eigenvalue weighted by molar-refractivity contribution is 5.76. The Morgan fingerprint density at radius 1 is 1.24 bits per heavy atom. The van der Waals surface area contributed by atoms with Crippen molar-refractivity contribution in [3.05, 3.63) is 24.5 Å². The summed E-state index contributed by atoms with van der Waals surface area (Å²) in [6, 6.07) is 3.99. The standard InChI is InChI=1S/C12H18N4O/c13-4-1-12(17)16-9-7-15(8-10-16)11-2-5-14-6-3-11/h2-3,5-6H,1,4,7-10,13H2. The maximum absolute atomic E-state index is 11.7. The Bertz CT molecular complexity index is 360. The molecule has 0 aromatic carbocycles. The number of amides is 1. The van der Waals surface area contributed by atoms with Gasteiger partial charge in [-0.25, -0.2) is 0 Å². The van der Waals surface area contributed by atoms with E-state index in [1.807, 2.05) is 17.0 Å². The summed E-state index contributed by atoms with van der Waals surface area (Å²) in [7, 11) is 0. The normalized spacial score (nSPS) is 16.1. The average Bonchev–Trinajstić information content (AvgIpc) is 2.40. The molecule has 1 aromatic heterocycles. The summed E-state index contributed by atoms with van der Waals surface area (Å²) in [4.78, 5) is 19.8. The minimum atomic E-state index is 0.168. The van der Waals surface area contributed by atoms with Crippen LogP contribution in [0.4, 0.5) is 5.69 Å². The van der Waals surface area contributed by atoms with E-state index in [0.29, 0.717) is 13.0 Å². The molecule has 1 fully saturated rings. The molecule has 0 spiro atoms. The minimum Gasteiger partial charge on any atom is -0.368 e. The summed E-state index contributed by atoms with van der Waals surface area (Å²) in [5.74, 6) is 0.168. The number of hydrogen-bond acceptors (Lipinski definition) is 4. The van der Waals surface area contributed by atoms with Gasteiger partial charge in [-0.3, -0.25) is 9.78 Å². The molecule has 1 aromatic rings. The molecule has 1 saturated heterocycles. The van der Waals surface area contributed by atoms with Crippen LogP contribution in [-0.4, -0.2) is 48.5 Å². The molecular formula is C12H18N4O. The predicted octanol–water partition coefficient (Wildman–Crippen LogP) is 0.0790. The zero-order valence-corrected chi connectivity index (χ0v) is 9.88. The van der Waals surface area contributed by atoms with E-state index in [9.17, 15) is 4.79 Å². The molecule has 0 atom stereocenters. The van der Waals surface area contributed by atoms with Crippen molar-refractivity contribution in [1.82, 2.24) is 9.88 Å². The van der Waals surface area contributed by atoms with Crippen molar-refractivity contribution < 1.29 is 4.79 Å². The van der Waals surface area contributed by atoms with Crippen molar-refractivity contribution in [1.29, 1.82) is 0 Å². The van der Waals surface area contributed by atoms with Crippen molar-refractivity contribution in [2.75, 3.05) is 37.6 Å². The van der Waals surface area contributed by atoms with E-state index in [0.717, 1.165) is 26.2 Å². The van der Waals surface area contributed by atoms with Crippen LogP contribution in [0.1, 0.15) is 6.42 Å². The van der Waals surface area contributed by atoms with E-state index in [1.54, 1.807) is 12.4 Å². The Morgan fingerprint density at radius 3 is 2.47 bits per heavy atom. The summed E-state index contributed by atoms with van der Waals surface area (Å²) in [6.07, 6.45) is 4.04. The molecule has 5 nitrogen and oxygen atoms in total. The molecule has 2 N–H and O–H groups in total. The lowest BCUT2D eigenvalue weighted by atomic mass is 10.2. The fourth-order valence-corrected chi connectivity index (χ4v) is 2.05. The molecule has 1 amide bonds. The monoisotopic (exact) mass is 234 g/mol. The molecular weight excluding hydrogens is 216 g/mol. The second kappa shape index (κ2) is 5.63. The number of aromatic nitrogens is 1. The SMILES string of the molecule is NCCC(=O)N1CCN(c2ccncc2)CC1. The van der Waals surface area contributed by atoms with E-state index >= 15 is 0 Å². The second-order valence-corrected chi connectivity index (χ2v) is 4.11. The van der Waals surface area contributed by atoms with E-state index in [1.165, 1.54) is 5.69 Å². The lowest BCUT2D eigenvalue weighted by Gasteiger charge is -2.36. The van der Waals surface area contributed by atoms with Crippen molar-refractivity contribution >= 4 is 11.6 Å². The summed E-state index contributed by atoms with van der Waals surface area (Å²) in [6.45, 7) is 3.74. The molecule has 1 aliphatic rings. The lowest BCUT2D eigenvalue weighted by molar-refractivity contribution is -0.131. The van der Waals surface area contributed by atoms with Gasteiger partial charge in [0.25, 0.3) is 0 Å². The number of nitrogens with two attached hydrogens (primary N) is 1. The molecule has 0 saturated carbocycles. The van der Waals surface area contributed by atoms with Gasteiger partial charge in [0.2, 0.25) is 5.91 Å². The van der Waals surface area contributed by atoms with Crippen LogP contribution < -0.4 is 10.6 Å². The molecule has 2 heterocycles. The Balaban J connectivity index is 1.88. The number of piperazine rings is 1. The minimum absolute atomic E-state index is 0.168. The highest BCUT2D eigenvalue weighted by Gasteiger charge is 2.20. The Hall–Kier alpha value is -1.62. The highest BCUT2D eigenvalue weighted by atomic mass is 16.2. The van der Waals surface area contributed by atoms with E-state index in [4.69, 9.17) is 5.73 Å². The smallest absolute Gasteiger partial charge is 0.223 e. The first kappa shape index (κ1) is 11.9. The number of anilines is 1. The largest absolute Gasteiger partial charge is 0.368 e. The zero-order chi connectivity index (χ0) is 12.1. The van der Waals surface area contributed by atoms with Gasteiger partial charge in [-0.2, -0.15) is 0 Å². The molecule has 2 rings (SSSR count). The fraction of sp³-hybridized carbons (Fsp3) is 0.500. The third-order valence-electron chi connectivity index (χ3n) is 3.02. The predicted molar refractivity (Wildman–Crippen MR) is 66.7 cm³/mol. The zero-order valence-electron chi connectivity index (χ0n) is 9.88. The molecule has 0 bridgehead atoms. The van der Waals surface area contributed by atoms with Gasteiger partial charge < -0.3 is 15.5 Å². The van der Waals surface area contributed by atoms with Crippen LogP contribution in [0.15, 0.2) is 24.5 Å². The average molecular weight is 234 g/mol. The van der Waals surface area contributed by atoms with Gasteiger partial charge in [-0.1, -0.05) is 0 Å². The van der Waals surface area contributed by atoms with Gasteiger partial charge in [0.1, 0.15) is 0 Å². The summed E-state index contributed by atoms with van der Waals surface area (Å²) < 4.78 is 0. The van der Waals surface area contributed by atoms with Crippen LogP contribution in [0.3, 0.4) is 0 Å². The van der Waals surface area contributed by atoms with Gasteiger partial charge in [0, 0.05) is 57.2 Å². The van der Waals surface area contributed by atoms with Crippen LogP contribution in [-0.2, 0) is 4.79 Å². The van der Waals surface area contributed by atoms with E-state index in [-0.39, 0.29) is 5.91 Å². The van der Waals surface area contributed by atoms with Crippen LogP contribution in [0, 0.1) is 0 Å². The third kappa shape index (κ3) is 2.94.